The summed E-state index contributed by atoms with van der Waals surface area (Å²) >= 11 is 0. The van der Waals surface area contributed by atoms with Crippen LogP contribution in [0.4, 0.5) is 0 Å². The first-order chi connectivity index (χ1) is 8.94. The minimum absolute atomic E-state index is 0.519. The lowest BCUT2D eigenvalue weighted by Gasteiger charge is -2.32. The number of aliphatic carboxylic acids is 1. The molecule has 2 atom stereocenters. The van der Waals surface area contributed by atoms with Gasteiger partial charge in [-0.05, 0) is 46.1 Å². The Kier molecular flexibility index (Phi) is 6.23. The van der Waals surface area contributed by atoms with Gasteiger partial charge < -0.3 is 15.2 Å². The Labute approximate surface area is 116 Å². The predicted octanol–water partition coefficient (Wildman–Crippen LogP) is 1.19. The third-order valence-corrected chi connectivity index (χ3v) is 4.39. The highest BCUT2D eigenvalue weighted by Gasteiger charge is 2.35. The van der Waals surface area contributed by atoms with Crippen molar-refractivity contribution in [3.05, 3.63) is 0 Å². The lowest BCUT2D eigenvalue weighted by atomic mass is 9.97. The van der Waals surface area contributed by atoms with Gasteiger partial charge in [0.15, 0.2) is 0 Å². The minimum Gasteiger partial charge on any atom is -0.480 e. The number of hydrogen-bond donors (Lipinski definition) is 2. The highest BCUT2D eigenvalue weighted by molar-refractivity contribution is 5.78. The SMILES string of the molecule is CNC(C)(CCN(CCOC)C(C)C1CC1)C(=O)O. The molecule has 0 amide bonds. The molecule has 0 aromatic heterocycles. The molecular weight excluding hydrogens is 244 g/mol. The van der Waals surface area contributed by atoms with E-state index in [0.717, 1.165) is 19.0 Å². The molecule has 1 aliphatic carbocycles. The molecule has 5 heteroatoms. The van der Waals surface area contributed by atoms with Crippen molar-refractivity contribution in [2.24, 2.45) is 5.92 Å². The number of rotatable bonds is 10. The summed E-state index contributed by atoms with van der Waals surface area (Å²) in [5, 5.41) is 12.2. The van der Waals surface area contributed by atoms with Gasteiger partial charge in [-0.15, -0.1) is 0 Å². The fourth-order valence-corrected chi connectivity index (χ4v) is 2.31. The summed E-state index contributed by atoms with van der Waals surface area (Å²) in [6.07, 6.45) is 3.19. The Balaban J connectivity index is 2.53. The van der Waals surface area contributed by atoms with Gasteiger partial charge in [0.25, 0.3) is 0 Å². The Bertz CT molecular complexity index is 294. The third-order valence-electron chi connectivity index (χ3n) is 4.39. The molecule has 0 spiro atoms. The molecule has 2 unspecified atom stereocenters. The van der Waals surface area contributed by atoms with Crippen LogP contribution in [0.15, 0.2) is 0 Å². The molecule has 0 saturated heterocycles. The molecule has 1 rings (SSSR count). The molecule has 0 aromatic rings. The second kappa shape index (κ2) is 7.22. The van der Waals surface area contributed by atoms with Crippen molar-refractivity contribution in [2.45, 2.75) is 44.7 Å². The molecule has 0 bridgehead atoms. The van der Waals surface area contributed by atoms with Crippen LogP contribution in [-0.2, 0) is 9.53 Å². The van der Waals surface area contributed by atoms with E-state index in [1.165, 1.54) is 12.8 Å². The molecule has 112 valence electrons. The number of carboxylic acids is 1. The van der Waals surface area contributed by atoms with Gasteiger partial charge in [0.05, 0.1) is 6.61 Å². The van der Waals surface area contributed by atoms with E-state index < -0.39 is 11.5 Å². The maximum absolute atomic E-state index is 11.3. The van der Waals surface area contributed by atoms with Crippen LogP contribution < -0.4 is 5.32 Å². The van der Waals surface area contributed by atoms with Gasteiger partial charge in [0, 0.05) is 26.2 Å². The van der Waals surface area contributed by atoms with Crippen LogP contribution in [0.5, 0.6) is 0 Å². The number of nitrogens with one attached hydrogen (secondary N) is 1. The molecule has 1 aliphatic rings. The highest BCUT2D eigenvalue weighted by atomic mass is 16.5. The smallest absolute Gasteiger partial charge is 0.323 e. The molecule has 19 heavy (non-hydrogen) atoms. The van der Waals surface area contributed by atoms with Gasteiger partial charge in [-0.3, -0.25) is 9.69 Å². The van der Waals surface area contributed by atoms with E-state index in [4.69, 9.17) is 4.74 Å². The maximum atomic E-state index is 11.3. The predicted molar refractivity (Wildman–Crippen MR) is 75.4 cm³/mol. The molecule has 1 saturated carbocycles. The number of hydrogen-bond acceptors (Lipinski definition) is 4. The zero-order valence-electron chi connectivity index (χ0n) is 12.6. The van der Waals surface area contributed by atoms with Gasteiger partial charge in [-0.1, -0.05) is 0 Å². The van der Waals surface area contributed by atoms with Crippen molar-refractivity contribution in [2.75, 3.05) is 33.9 Å². The van der Waals surface area contributed by atoms with Gasteiger partial charge in [-0.25, -0.2) is 0 Å². The molecule has 0 radical (unpaired) electrons. The molecule has 0 aromatic carbocycles. The summed E-state index contributed by atoms with van der Waals surface area (Å²) < 4.78 is 5.15. The topological polar surface area (TPSA) is 61.8 Å². The van der Waals surface area contributed by atoms with Crippen LogP contribution in [0.1, 0.15) is 33.1 Å². The third kappa shape index (κ3) is 4.75. The zero-order chi connectivity index (χ0) is 14.5. The van der Waals surface area contributed by atoms with Crippen LogP contribution >= 0.6 is 0 Å². The van der Waals surface area contributed by atoms with Crippen molar-refractivity contribution in [1.29, 1.82) is 0 Å². The average Bonchev–Trinajstić information content (AvgIpc) is 3.21. The van der Waals surface area contributed by atoms with Crippen molar-refractivity contribution in [3.8, 4) is 0 Å². The molecule has 0 aliphatic heterocycles. The number of carboxylic acid groups (broad SMARTS) is 1. The van der Waals surface area contributed by atoms with E-state index in [1.54, 1.807) is 21.1 Å². The standard InChI is InChI=1S/C14H28N2O3/c1-11(12-5-6-12)16(9-10-19-4)8-7-14(2,15-3)13(17)18/h11-12,15H,5-10H2,1-4H3,(H,17,18). The average molecular weight is 272 g/mol. The summed E-state index contributed by atoms with van der Waals surface area (Å²) in [6, 6.07) is 0.519. The second-order valence-corrected chi connectivity index (χ2v) is 5.74. The van der Waals surface area contributed by atoms with Crippen LogP contribution in [0.3, 0.4) is 0 Å². The van der Waals surface area contributed by atoms with Gasteiger partial charge >= 0.3 is 5.97 Å². The summed E-state index contributed by atoms with van der Waals surface area (Å²) in [4.78, 5) is 13.7. The largest absolute Gasteiger partial charge is 0.480 e. The second-order valence-electron chi connectivity index (χ2n) is 5.74. The van der Waals surface area contributed by atoms with E-state index in [9.17, 15) is 9.90 Å². The molecule has 0 heterocycles. The summed E-state index contributed by atoms with van der Waals surface area (Å²) in [6.45, 7) is 6.33. The van der Waals surface area contributed by atoms with Crippen LogP contribution in [-0.4, -0.2) is 61.4 Å². The van der Waals surface area contributed by atoms with E-state index in [1.807, 2.05) is 0 Å². The van der Waals surface area contributed by atoms with Gasteiger partial charge in [-0.2, -0.15) is 0 Å². The molecular formula is C14H28N2O3. The summed E-state index contributed by atoms with van der Waals surface area (Å²) in [5.41, 5.74) is -0.853. The summed E-state index contributed by atoms with van der Waals surface area (Å²) in [5.74, 6) is -0.0108. The Morgan fingerprint density at radius 3 is 2.58 bits per heavy atom. The summed E-state index contributed by atoms with van der Waals surface area (Å²) in [7, 11) is 3.41. The van der Waals surface area contributed by atoms with E-state index >= 15 is 0 Å². The Hall–Kier alpha value is -0.650. The fourth-order valence-electron chi connectivity index (χ4n) is 2.31. The maximum Gasteiger partial charge on any atom is 0.323 e. The number of methoxy groups -OCH3 is 1. The number of likely N-dealkylation sites (N-methyl/N-ethyl adjacent to an activating group) is 1. The van der Waals surface area contributed by atoms with Crippen molar-refractivity contribution in [3.63, 3.8) is 0 Å². The number of carbonyl (C=O) groups is 1. The van der Waals surface area contributed by atoms with Gasteiger partial charge in [0.1, 0.15) is 5.54 Å². The molecule has 2 N–H and O–H groups in total. The molecule has 1 fully saturated rings. The normalized spacial score (nSPS) is 20.3. The lowest BCUT2D eigenvalue weighted by Crippen LogP contribution is -2.50. The lowest BCUT2D eigenvalue weighted by molar-refractivity contribution is -0.144. The Morgan fingerprint density at radius 2 is 2.16 bits per heavy atom. The van der Waals surface area contributed by atoms with E-state index in [-0.39, 0.29) is 0 Å². The van der Waals surface area contributed by atoms with Gasteiger partial charge in [0.2, 0.25) is 0 Å². The first-order valence-corrected chi connectivity index (χ1v) is 7.10. The van der Waals surface area contributed by atoms with Crippen LogP contribution in [0.25, 0.3) is 0 Å². The first kappa shape index (κ1) is 16.4. The zero-order valence-corrected chi connectivity index (χ0v) is 12.6. The number of ether oxygens (including phenoxy) is 1. The fraction of sp³-hybridized carbons (Fsp3) is 0.929. The Morgan fingerprint density at radius 1 is 1.53 bits per heavy atom. The van der Waals surface area contributed by atoms with E-state index in [0.29, 0.717) is 19.1 Å². The minimum atomic E-state index is -0.853. The van der Waals surface area contributed by atoms with Crippen molar-refractivity contribution >= 4 is 5.97 Å². The van der Waals surface area contributed by atoms with Crippen LogP contribution in [0, 0.1) is 5.92 Å². The number of nitrogens with zero attached hydrogens (tertiary/aromatic N) is 1. The van der Waals surface area contributed by atoms with Crippen molar-refractivity contribution < 1.29 is 14.6 Å². The highest BCUT2D eigenvalue weighted by Crippen LogP contribution is 2.35. The van der Waals surface area contributed by atoms with E-state index in [2.05, 4.69) is 17.1 Å². The van der Waals surface area contributed by atoms with Crippen molar-refractivity contribution in [1.82, 2.24) is 10.2 Å². The van der Waals surface area contributed by atoms with Crippen LogP contribution in [0.2, 0.25) is 0 Å². The monoisotopic (exact) mass is 272 g/mol. The quantitative estimate of drug-likeness (QED) is 0.625. The first-order valence-electron chi connectivity index (χ1n) is 7.10. The molecule has 5 nitrogen and oxygen atoms in total.